The quantitative estimate of drug-likeness (QED) is 0.917. The number of hydrogen-bond acceptors (Lipinski definition) is 4. The average molecular weight is 289 g/mol. The molecular weight excluding hydrogens is 266 g/mol. The molecule has 1 N–H and O–H groups in total. The van der Waals surface area contributed by atoms with Crippen LogP contribution in [0.4, 0.5) is 0 Å². The minimum Gasteiger partial charge on any atom is -0.382 e. The van der Waals surface area contributed by atoms with Crippen molar-refractivity contribution in [2.45, 2.75) is 31.4 Å². The summed E-state index contributed by atoms with van der Waals surface area (Å²) in [6.45, 7) is 2.77. The van der Waals surface area contributed by atoms with Gasteiger partial charge in [0, 0.05) is 51.3 Å². The van der Waals surface area contributed by atoms with Crippen LogP contribution in [0.5, 0.6) is 0 Å². The van der Waals surface area contributed by atoms with Gasteiger partial charge >= 0.3 is 0 Å². The van der Waals surface area contributed by atoms with Crippen molar-refractivity contribution in [2.75, 3.05) is 13.1 Å². The molecule has 0 bridgehead atoms. The topological polar surface area (TPSA) is 59.1 Å². The van der Waals surface area contributed by atoms with Crippen LogP contribution in [0.15, 0.2) is 24.8 Å². The molecule has 114 valence electrons. The number of imidazole rings is 1. The van der Waals surface area contributed by atoms with E-state index in [0.717, 1.165) is 44.7 Å². The molecule has 1 saturated heterocycles. The maximum atomic E-state index is 11.0. The lowest BCUT2D eigenvalue weighted by molar-refractivity contribution is 0.00973. The van der Waals surface area contributed by atoms with Crippen LogP contribution in [0.3, 0.4) is 0 Å². The van der Waals surface area contributed by atoms with Gasteiger partial charge in [-0.2, -0.15) is 5.10 Å². The van der Waals surface area contributed by atoms with Gasteiger partial charge in [-0.05, 0) is 25.8 Å². The second-order valence-corrected chi connectivity index (χ2v) is 6.05. The molecule has 1 atom stereocenters. The van der Waals surface area contributed by atoms with Crippen molar-refractivity contribution < 1.29 is 5.11 Å². The summed E-state index contributed by atoms with van der Waals surface area (Å²) in [6, 6.07) is 0. The van der Waals surface area contributed by atoms with Gasteiger partial charge in [0.15, 0.2) is 0 Å². The molecule has 0 unspecified atom stereocenters. The molecule has 21 heavy (non-hydrogen) atoms. The summed E-state index contributed by atoms with van der Waals surface area (Å²) >= 11 is 0. The first-order valence-electron chi connectivity index (χ1n) is 7.47. The Kier molecular flexibility index (Phi) is 3.82. The molecule has 2 aromatic rings. The molecule has 3 heterocycles. The molecule has 0 radical (unpaired) electrons. The number of aliphatic hydroxyl groups is 1. The number of rotatable bonds is 3. The van der Waals surface area contributed by atoms with Crippen LogP contribution in [0.25, 0.3) is 0 Å². The Morgan fingerprint density at radius 2 is 2.14 bits per heavy atom. The van der Waals surface area contributed by atoms with Gasteiger partial charge < -0.3 is 9.67 Å². The molecule has 6 nitrogen and oxygen atoms in total. The Balaban J connectivity index is 1.68. The summed E-state index contributed by atoms with van der Waals surface area (Å²) in [5, 5.41) is 15.2. The van der Waals surface area contributed by atoms with Crippen molar-refractivity contribution in [1.82, 2.24) is 24.2 Å². The Bertz CT molecular complexity index is 605. The maximum Gasteiger partial charge on any atom is 0.140 e. The van der Waals surface area contributed by atoms with E-state index in [0.29, 0.717) is 0 Å². The molecular formula is C15H23N5O. The van der Waals surface area contributed by atoms with Crippen molar-refractivity contribution in [3.8, 4) is 0 Å². The number of aryl methyl sites for hydroxylation is 2. The van der Waals surface area contributed by atoms with E-state index in [1.54, 1.807) is 6.20 Å². The number of nitrogens with zero attached hydrogens (tertiary/aromatic N) is 5. The molecule has 2 aromatic heterocycles. The van der Waals surface area contributed by atoms with Gasteiger partial charge in [0.25, 0.3) is 0 Å². The molecule has 1 fully saturated rings. The summed E-state index contributed by atoms with van der Waals surface area (Å²) in [4.78, 5) is 6.73. The van der Waals surface area contributed by atoms with E-state index in [2.05, 4.69) is 21.2 Å². The minimum atomic E-state index is -0.804. The second-order valence-electron chi connectivity index (χ2n) is 6.05. The summed E-state index contributed by atoms with van der Waals surface area (Å²) in [7, 11) is 3.88. The van der Waals surface area contributed by atoms with Crippen molar-refractivity contribution >= 4 is 0 Å². The third-order valence-electron chi connectivity index (χ3n) is 4.31. The molecule has 6 heteroatoms. The maximum absolute atomic E-state index is 11.0. The Labute approximate surface area is 125 Å². The number of likely N-dealkylation sites (tertiary alicyclic amines) is 1. The molecule has 1 aliphatic rings. The minimum absolute atomic E-state index is 0.720. The van der Waals surface area contributed by atoms with Crippen molar-refractivity contribution in [2.24, 2.45) is 14.1 Å². The average Bonchev–Trinajstić information content (AvgIpc) is 3.00. The predicted octanol–water partition coefficient (Wildman–Crippen LogP) is 1.03. The van der Waals surface area contributed by atoms with Gasteiger partial charge in [0.1, 0.15) is 11.4 Å². The zero-order valence-corrected chi connectivity index (χ0v) is 12.7. The van der Waals surface area contributed by atoms with Crippen molar-refractivity contribution in [3.05, 3.63) is 36.2 Å². The highest BCUT2D eigenvalue weighted by atomic mass is 16.3. The van der Waals surface area contributed by atoms with E-state index >= 15 is 0 Å². The van der Waals surface area contributed by atoms with E-state index < -0.39 is 5.60 Å². The van der Waals surface area contributed by atoms with Crippen LogP contribution in [-0.4, -0.2) is 42.4 Å². The van der Waals surface area contributed by atoms with E-state index in [4.69, 9.17) is 0 Å². The highest BCUT2D eigenvalue weighted by Gasteiger charge is 2.35. The molecule has 0 aliphatic carbocycles. The van der Waals surface area contributed by atoms with Gasteiger partial charge in [-0.1, -0.05) is 0 Å². The first-order chi connectivity index (χ1) is 10.1. The Morgan fingerprint density at radius 1 is 1.29 bits per heavy atom. The fourth-order valence-corrected chi connectivity index (χ4v) is 3.18. The smallest absolute Gasteiger partial charge is 0.140 e. The van der Waals surface area contributed by atoms with Crippen LogP contribution in [0.1, 0.15) is 30.7 Å². The van der Waals surface area contributed by atoms with Crippen LogP contribution in [0, 0.1) is 0 Å². The van der Waals surface area contributed by atoms with Gasteiger partial charge in [-0.3, -0.25) is 9.58 Å². The summed E-state index contributed by atoms with van der Waals surface area (Å²) < 4.78 is 3.76. The largest absolute Gasteiger partial charge is 0.382 e. The van der Waals surface area contributed by atoms with Crippen molar-refractivity contribution in [1.29, 1.82) is 0 Å². The zero-order chi connectivity index (χ0) is 14.9. The lowest BCUT2D eigenvalue weighted by Crippen LogP contribution is -2.31. The van der Waals surface area contributed by atoms with Crippen LogP contribution in [-0.2, 0) is 26.2 Å². The van der Waals surface area contributed by atoms with Gasteiger partial charge in [-0.15, -0.1) is 0 Å². The Morgan fingerprint density at radius 3 is 2.81 bits per heavy atom. The first-order valence-corrected chi connectivity index (χ1v) is 7.47. The van der Waals surface area contributed by atoms with E-state index in [1.165, 1.54) is 5.56 Å². The lowest BCUT2D eigenvalue weighted by atomic mass is 9.94. The third-order valence-corrected chi connectivity index (χ3v) is 4.31. The number of hydrogen-bond donors (Lipinski definition) is 1. The molecule has 0 amide bonds. The normalized spacial score (nSPS) is 24.1. The molecule has 0 saturated carbocycles. The monoisotopic (exact) mass is 289 g/mol. The van der Waals surface area contributed by atoms with Crippen LogP contribution in [0.2, 0.25) is 0 Å². The summed E-state index contributed by atoms with van der Waals surface area (Å²) in [5.74, 6) is 0.783. The lowest BCUT2D eigenvalue weighted by Gasteiger charge is -2.26. The molecule has 1 aliphatic heterocycles. The fourth-order valence-electron chi connectivity index (χ4n) is 3.18. The third kappa shape index (κ3) is 3.01. The highest BCUT2D eigenvalue weighted by Crippen LogP contribution is 2.31. The van der Waals surface area contributed by atoms with E-state index in [9.17, 15) is 5.11 Å². The first kappa shape index (κ1) is 14.3. The van der Waals surface area contributed by atoms with E-state index in [-0.39, 0.29) is 0 Å². The zero-order valence-electron chi connectivity index (χ0n) is 12.7. The predicted molar refractivity (Wildman–Crippen MR) is 79.4 cm³/mol. The van der Waals surface area contributed by atoms with Crippen LogP contribution < -0.4 is 0 Å². The molecule has 0 aromatic carbocycles. The summed E-state index contributed by atoms with van der Waals surface area (Å²) in [6.07, 6.45) is 10.1. The molecule has 0 spiro atoms. The fraction of sp³-hybridized carbons (Fsp3) is 0.600. The van der Waals surface area contributed by atoms with Crippen LogP contribution >= 0.6 is 0 Å². The molecule has 3 rings (SSSR count). The summed E-state index contributed by atoms with van der Waals surface area (Å²) in [5.41, 5.74) is 0.419. The second kappa shape index (κ2) is 5.61. The SMILES string of the molecule is Cn1cc(CN2CCC[C@](O)(c3nccn3C)CC2)cn1. The highest BCUT2D eigenvalue weighted by molar-refractivity contribution is 5.07. The van der Waals surface area contributed by atoms with Gasteiger partial charge in [0.05, 0.1) is 6.20 Å². The van der Waals surface area contributed by atoms with Gasteiger partial charge in [-0.25, -0.2) is 4.98 Å². The van der Waals surface area contributed by atoms with E-state index in [1.807, 2.05) is 35.7 Å². The number of aromatic nitrogens is 4. The van der Waals surface area contributed by atoms with Gasteiger partial charge in [0.2, 0.25) is 0 Å². The van der Waals surface area contributed by atoms with Crippen molar-refractivity contribution in [3.63, 3.8) is 0 Å². The Hall–Kier alpha value is -1.66. The standard InChI is InChI=1S/C15H23N5O/c1-18-9-6-16-14(18)15(21)4-3-7-20(8-5-15)12-13-10-17-19(2)11-13/h6,9-11,21H,3-5,7-8,12H2,1-2H3/t15-/m1/s1.